The first-order valence-corrected chi connectivity index (χ1v) is 13.8. The highest BCUT2D eigenvalue weighted by molar-refractivity contribution is 6.04. The number of rotatable bonds is 5. The van der Waals surface area contributed by atoms with Crippen molar-refractivity contribution in [1.29, 1.82) is 0 Å². The summed E-state index contributed by atoms with van der Waals surface area (Å²) in [5.74, 6) is 0.0192. The largest absolute Gasteiger partial charge is 0.338 e. The summed E-state index contributed by atoms with van der Waals surface area (Å²) < 4.78 is 0. The van der Waals surface area contributed by atoms with E-state index in [2.05, 4.69) is 87.4 Å². The number of likely N-dealkylation sites (tertiary alicyclic amines) is 2. The van der Waals surface area contributed by atoms with Crippen LogP contribution >= 0.6 is 0 Å². The van der Waals surface area contributed by atoms with Gasteiger partial charge in [0.05, 0.1) is 5.52 Å². The molecule has 3 heterocycles. The third-order valence-electron chi connectivity index (χ3n) is 8.54. The third-order valence-corrected chi connectivity index (χ3v) is 8.54. The molecule has 0 atom stereocenters. The van der Waals surface area contributed by atoms with Crippen LogP contribution in [-0.4, -0.2) is 63.4 Å². The summed E-state index contributed by atoms with van der Waals surface area (Å²) in [5.41, 5.74) is 3.96. The molecule has 6 rings (SSSR count). The second kappa shape index (κ2) is 10.5. The van der Waals surface area contributed by atoms with E-state index in [1.165, 1.54) is 17.7 Å². The first-order valence-electron chi connectivity index (χ1n) is 13.8. The van der Waals surface area contributed by atoms with Crippen LogP contribution in [0.1, 0.15) is 43.1 Å². The van der Waals surface area contributed by atoms with E-state index in [-0.39, 0.29) is 11.4 Å². The lowest BCUT2D eigenvalue weighted by molar-refractivity contribution is 0.0176. The number of carbonyl (C=O) groups is 1. The first kappa shape index (κ1) is 24.6. The Labute approximate surface area is 224 Å². The van der Waals surface area contributed by atoms with Crippen LogP contribution in [0, 0.1) is 0 Å². The fraction of sp³-hybridized carbons (Fsp3) is 0.344. The summed E-state index contributed by atoms with van der Waals surface area (Å²) in [6.45, 7) is 6.05. The lowest BCUT2D eigenvalue weighted by Crippen LogP contribution is -2.57. The van der Waals surface area contributed by atoms with Gasteiger partial charge in [-0.05, 0) is 62.9 Å². The van der Waals surface area contributed by atoms with E-state index in [4.69, 9.17) is 0 Å². The van der Waals surface area contributed by atoms with Crippen molar-refractivity contribution in [2.45, 2.75) is 44.2 Å². The number of benzene rings is 3. The number of anilines is 2. The minimum atomic E-state index is 0.0192. The molecular weight excluding hydrogens is 470 g/mol. The quantitative estimate of drug-likeness (QED) is 0.337. The molecule has 2 fully saturated rings. The molecule has 2 aliphatic heterocycles. The number of carbonyl (C=O) groups excluding carboxylic acids is 1. The van der Waals surface area contributed by atoms with Gasteiger partial charge in [-0.25, -0.2) is 9.97 Å². The van der Waals surface area contributed by atoms with E-state index >= 15 is 0 Å². The minimum absolute atomic E-state index is 0.0192. The zero-order valence-corrected chi connectivity index (χ0v) is 22.0. The molecule has 0 saturated carbocycles. The zero-order chi connectivity index (χ0) is 26.0. The van der Waals surface area contributed by atoms with Gasteiger partial charge in [0.1, 0.15) is 12.0 Å². The van der Waals surface area contributed by atoms with Crippen LogP contribution in [0.4, 0.5) is 11.4 Å². The van der Waals surface area contributed by atoms with Crippen LogP contribution in [0.5, 0.6) is 0 Å². The molecule has 1 aromatic heterocycles. The smallest absolute Gasteiger partial charge is 0.273 e. The Bertz CT molecular complexity index is 1330. The van der Waals surface area contributed by atoms with Crippen molar-refractivity contribution in [3.8, 4) is 0 Å². The third kappa shape index (κ3) is 4.76. The Morgan fingerprint density at radius 1 is 0.789 bits per heavy atom. The van der Waals surface area contributed by atoms with Crippen molar-refractivity contribution in [3.05, 3.63) is 97.0 Å². The number of hydrogen-bond acceptors (Lipinski definition) is 5. The van der Waals surface area contributed by atoms with E-state index in [0.29, 0.717) is 11.7 Å². The molecule has 2 aliphatic rings. The second-order valence-electron chi connectivity index (χ2n) is 10.8. The topological polar surface area (TPSA) is 52.6 Å². The van der Waals surface area contributed by atoms with Gasteiger partial charge in [-0.3, -0.25) is 9.69 Å². The van der Waals surface area contributed by atoms with Crippen LogP contribution in [0.2, 0.25) is 0 Å². The molecule has 3 aromatic carbocycles. The molecule has 194 valence electrons. The van der Waals surface area contributed by atoms with Gasteiger partial charge in [-0.15, -0.1) is 0 Å². The van der Waals surface area contributed by atoms with Gasteiger partial charge in [0.15, 0.2) is 0 Å². The number of aromatic nitrogens is 2. The van der Waals surface area contributed by atoms with Crippen LogP contribution in [0.15, 0.2) is 91.3 Å². The Balaban J connectivity index is 1.11. The summed E-state index contributed by atoms with van der Waals surface area (Å²) >= 11 is 0. The van der Waals surface area contributed by atoms with Gasteiger partial charge in [0, 0.05) is 54.5 Å². The monoisotopic (exact) mass is 505 g/mol. The van der Waals surface area contributed by atoms with Crippen LogP contribution in [0.3, 0.4) is 0 Å². The number of para-hydroxylation sites is 3. The van der Waals surface area contributed by atoms with Gasteiger partial charge in [-0.1, -0.05) is 54.6 Å². The highest BCUT2D eigenvalue weighted by atomic mass is 16.2. The fourth-order valence-corrected chi connectivity index (χ4v) is 6.24. The second-order valence-corrected chi connectivity index (χ2v) is 10.8. The van der Waals surface area contributed by atoms with Crippen LogP contribution < -0.4 is 4.90 Å². The maximum absolute atomic E-state index is 13.4. The molecule has 4 aromatic rings. The average Bonchev–Trinajstić information content (AvgIpc) is 2.98. The van der Waals surface area contributed by atoms with Crippen molar-refractivity contribution in [2.24, 2.45) is 0 Å². The van der Waals surface area contributed by atoms with Crippen molar-refractivity contribution in [2.75, 3.05) is 31.1 Å². The van der Waals surface area contributed by atoms with Crippen molar-refractivity contribution in [1.82, 2.24) is 19.8 Å². The predicted octanol–water partition coefficient (Wildman–Crippen LogP) is 5.93. The van der Waals surface area contributed by atoms with Gasteiger partial charge < -0.3 is 9.80 Å². The molecule has 0 radical (unpaired) electrons. The molecule has 38 heavy (non-hydrogen) atoms. The van der Waals surface area contributed by atoms with Crippen molar-refractivity contribution >= 4 is 28.2 Å². The maximum Gasteiger partial charge on any atom is 0.273 e. The highest BCUT2D eigenvalue weighted by Gasteiger charge is 2.39. The number of hydrogen-bond donors (Lipinski definition) is 0. The Hall–Kier alpha value is -3.77. The average molecular weight is 506 g/mol. The number of piperidine rings is 2. The van der Waals surface area contributed by atoms with Crippen LogP contribution in [-0.2, 0) is 0 Å². The van der Waals surface area contributed by atoms with Gasteiger partial charge >= 0.3 is 0 Å². The van der Waals surface area contributed by atoms with E-state index in [1.54, 1.807) is 0 Å². The molecular formula is C32H35N5O. The van der Waals surface area contributed by atoms with Crippen molar-refractivity contribution < 1.29 is 4.79 Å². The molecule has 0 bridgehead atoms. The van der Waals surface area contributed by atoms with E-state index in [9.17, 15) is 4.79 Å². The van der Waals surface area contributed by atoms with Crippen molar-refractivity contribution in [3.63, 3.8) is 0 Å². The minimum Gasteiger partial charge on any atom is -0.338 e. The lowest BCUT2D eigenvalue weighted by atomic mass is 9.85. The molecule has 6 heteroatoms. The summed E-state index contributed by atoms with van der Waals surface area (Å²) in [5, 5.41) is 0.830. The zero-order valence-electron chi connectivity index (χ0n) is 22.0. The normalized spacial score (nSPS) is 18.4. The Morgan fingerprint density at radius 3 is 2.00 bits per heavy atom. The SMILES string of the molecule is CC1(N2CCC(N(c3ccccc3)c3ccccc3)CC2)CCN(C(=O)c2ncnc3ccccc23)CC1. The molecule has 0 aliphatic carbocycles. The summed E-state index contributed by atoms with van der Waals surface area (Å²) in [7, 11) is 0. The summed E-state index contributed by atoms with van der Waals surface area (Å²) in [6.07, 6.45) is 5.70. The molecule has 6 nitrogen and oxygen atoms in total. The maximum atomic E-state index is 13.4. The van der Waals surface area contributed by atoms with E-state index < -0.39 is 0 Å². The van der Waals surface area contributed by atoms with Gasteiger partial charge in [-0.2, -0.15) is 0 Å². The number of fused-ring (bicyclic) bond motifs is 1. The Morgan fingerprint density at radius 2 is 1.37 bits per heavy atom. The fourth-order valence-electron chi connectivity index (χ4n) is 6.24. The van der Waals surface area contributed by atoms with Gasteiger partial charge in [0.2, 0.25) is 0 Å². The van der Waals surface area contributed by atoms with E-state index in [0.717, 1.165) is 62.8 Å². The predicted molar refractivity (Wildman–Crippen MR) is 153 cm³/mol. The van der Waals surface area contributed by atoms with Gasteiger partial charge in [0.25, 0.3) is 5.91 Å². The summed E-state index contributed by atoms with van der Waals surface area (Å²) in [4.78, 5) is 29.3. The molecule has 1 amide bonds. The molecule has 0 N–H and O–H groups in total. The lowest BCUT2D eigenvalue weighted by Gasteiger charge is -2.50. The molecule has 0 spiro atoms. The standard InChI is InChI=1S/C32H35N5O/c1-32(18-22-35(23-19-32)31(38)30-28-14-8-9-15-29(28)33-24-34-30)36-20-16-27(17-21-36)37(25-10-4-2-5-11-25)26-12-6-3-7-13-26/h2-15,24,27H,16-23H2,1H3. The Kier molecular flexibility index (Phi) is 6.81. The summed E-state index contributed by atoms with van der Waals surface area (Å²) in [6, 6.07) is 29.8. The van der Waals surface area contributed by atoms with Crippen LogP contribution in [0.25, 0.3) is 10.9 Å². The van der Waals surface area contributed by atoms with E-state index in [1.807, 2.05) is 29.2 Å². The molecule has 0 unspecified atom stereocenters. The number of amides is 1. The molecule has 2 saturated heterocycles. The highest BCUT2D eigenvalue weighted by Crippen LogP contribution is 2.36. The number of nitrogens with zero attached hydrogens (tertiary/aromatic N) is 5. The first-order chi connectivity index (χ1) is 18.6.